The van der Waals surface area contributed by atoms with Crippen LogP contribution in [-0.4, -0.2) is 17.4 Å². The van der Waals surface area contributed by atoms with Crippen LogP contribution in [0.3, 0.4) is 0 Å². The van der Waals surface area contributed by atoms with Crippen LogP contribution in [0.2, 0.25) is 0 Å². The van der Waals surface area contributed by atoms with Crippen LogP contribution in [0.4, 0.5) is 17.2 Å². The molecule has 1 N–H and O–H groups in total. The lowest BCUT2D eigenvalue weighted by molar-refractivity contribution is 0.102. The maximum Gasteiger partial charge on any atom is 0.255 e. The van der Waals surface area contributed by atoms with Gasteiger partial charge in [0.2, 0.25) is 0 Å². The first kappa shape index (κ1) is 16.7. The van der Waals surface area contributed by atoms with E-state index in [0.29, 0.717) is 11.3 Å². The van der Waals surface area contributed by atoms with Crippen molar-refractivity contribution in [3.8, 4) is 0 Å². The highest BCUT2D eigenvalue weighted by Crippen LogP contribution is 2.23. The number of hydrogen-bond donors (Lipinski definition) is 1. The average molecular weight is 331 g/mol. The van der Waals surface area contributed by atoms with Crippen LogP contribution in [0.25, 0.3) is 0 Å². The fourth-order valence-electron chi connectivity index (χ4n) is 2.61. The van der Waals surface area contributed by atoms with E-state index in [1.54, 1.807) is 6.20 Å². The van der Waals surface area contributed by atoms with E-state index in [4.69, 9.17) is 0 Å². The van der Waals surface area contributed by atoms with E-state index in [0.717, 1.165) is 23.6 Å². The molecule has 3 rings (SSSR count). The number of hydrogen-bond acceptors (Lipinski definition) is 3. The van der Waals surface area contributed by atoms with E-state index in [-0.39, 0.29) is 5.91 Å². The molecule has 25 heavy (non-hydrogen) atoms. The summed E-state index contributed by atoms with van der Waals surface area (Å²) in [5.74, 6) is 0.715. The molecule has 0 saturated carbocycles. The van der Waals surface area contributed by atoms with Crippen molar-refractivity contribution < 1.29 is 4.79 Å². The maximum atomic E-state index is 12.3. The quantitative estimate of drug-likeness (QED) is 0.730. The molecular formula is C21H21N3O. The van der Waals surface area contributed by atoms with Crippen LogP contribution in [0, 0.1) is 6.92 Å². The third-order valence-electron chi connectivity index (χ3n) is 3.98. The number of pyridine rings is 1. The Morgan fingerprint density at radius 1 is 1.00 bits per heavy atom. The lowest BCUT2D eigenvalue weighted by atomic mass is 10.1. The van der Waals surface area contributed by atoms with Crippen molar-refractivity contribution >= 4 is 23.1 Å². The highest BCUT2D eigenvalue weighted by Gasteiger charge is 2.09. The van der Waals surface area contributed by atoms with Crippen molar-refractivity contribution in [2.24, 2.45) is 0 Å². The number of aryl methyl sites for hydroxylation is 1. The molecule has 4 nitrogen and oxygen atoms in total. The first-order valence-electron chi connectivity index (χ1n) is 8.34. The summed E-state index contributed by atoms with van der Waals surface area (Å²) < 4.78 is 0. The number of rotatable bonds is 5. The lowest BCUT2D eigenvalue weighted by Gasteiger charge is -2.22. The highest BCUT2D eigenvalue weighted by atomic mass is 16.1. The second-order valence-corrected chi connectivity index (χ2v) is 5.81. The Morgan fingerprint density at radius 2 is 1.72 bits per heavy atom. The normalized spacial score (nSPS) is 10.3. The first-order valence-corrected chi connectivity index (χ1v) is 8.34. The van der Waals surface area contributed by atoms with Gasteiger partial charge >= 0.3 is 0 Å². The summed E-state index contributed by atoms with van der Waals surface area (Å²) in [6, 6.07) is 21.4. The summed E-state index contributed by atoms with van der Waals surface area (Å²) in [5.41, 5.74) is 3.53. The van der Waals surface area contributed by atoms with E-state index in [2.05, 4.69) is 34.3 Å². The average Bonchev–Trinajstić information content (AvgIpc) is 2.65. The van der Waals surface area contributed by atoms with E-state index >= 15 is 0 Å². The second-order valence-electron chi connectivity index (χ2n) is 5.81. The van der Waals surface area contributed by atoms with E-state index in [1.165, 1.54) is 0 Å². The molecule has 0 spiro atoms. The van der Waals surface area contributed by atoms with E-state index < -0.39 is 0 Å². The minimum absolute atomic E-state index is 0.134. The van der Waals surface area contributed by atoms with Crippen LogP contribution in [-0.2, 0) is 0 Å². The summed E-state index contributed by atoms with van der Waals surface area (Å²) in [5, 5.41) is 2.88. The molecule has 0 aliphatic heterocycles. The summed E-state index contributed by atoms with van der Waals surface area (Å²) in [4.78, 5) is 18.9. The summed E-state index contributed by atoms with van der Waals surface area (Å²) in [7, 11) is 0. The molecule has 1 aromatic heterocycles. The number of benzene rings is 2. The Balaban J connectivity index is 1.73. The van der Waals surface area contributed by atoms with Crippen LogP contribution in [0.15, 0.2) is 72.9 Å². The standard InChI is InChI=1S/C21H21N3O/c1-3-24(19-7-5-4-6-8-19)20-14-13-18(15-22-20)23-21(25)17-11-9-16(2)10-12-17/h4-15H,3H2,1-2H3,(H,23,25). The van der Waals surface area contributed by atoms with Crippen molar-refractivity contribution in [1.82, 2.24) is 4.98 Å². The maximum absolute atomic E-state index is 12.3. The predicted octanol–water partition coefficient (Wildman–Crippen LogP) is 4.80. The van der Waals surface area contributed by atoms with Crippen LogP contribution >= 0.6 is 0 Å². The largest absolute Gasteiger partial charge is 0.327 e. The number of anilines is 3. The molecule has 0 aliphatic rings. The minimum atomic E-state index is -0.134. The van der Waals surface area contributed by atoms with Crippen LogP contribution < -0.4 is 10.2 Å². The van der Waals surface area contributed by atoms with Gasteiger partial charge in [-0.25, -0.2) is 4.98 Å². The Hall–Kier alpha value is -3.14. The van der Waals surface area contributed by atoms with Crippen molar-refractivity contribution in [1.29, 1.82) is 0 Å². The molecule has 0 radical (unpaired) electrons. The van der Waals surface area contributed by atoms with Gasteiger partial charge in [0.1, 0.15) is 5.82 Å². The Labute approximate surface area is 148 Å². The third-order valence-corrected chi connectivity index (χ3v) is 3.98. The third kappa shape index (κ3) is 4.04. The topological polar surface area (TPSA) is 45.2 Å². The zero-order chi connectivity index (χ0) is 17.6. The molecule has 0 aliphatic carbocycles. The molecule has 0 fully saturated rings. The molecule has 0 saturated heterocycles. The molecule has 126 valence electrons. The molecule has 1 heterocycles. The van der Waals surface area contributed by atoms with Gasteiger partial charge in [0.15, 0.2) is 0 Å². The molecular weight excluding hydrogens is 310 g/mol. The predicted molar refractivity (Wildman–Crippen MR) is 102 cm³/mol. The fourth-order valence-corrected chi connectivity index (χ4v) is 2.61. The monoisotopic (exact) mass is 331 g/mol. The number of carbonyl (C=O) groups is 1. The van der Waals surface area contributed by atoms with Crippen molar-refractivity contribution in [3.63, 3.8) is 0 Å². The SMILES string of the molecule is CCN(c1ccccc1)c1ccc(NC(=O)c2ccc(C)cc2)cn1. The van der Waals surface area contributed by atoms with Crippen molar-refractivity contribution in [2.75, 3.05) is 16.8 Å². The number of carbonyl (C=O) groups excluding carboxylic acids is 1. The van der Waals surface area contributed by atoms with Gasteiger partial charge in [0.25, 0.3) is 5.91 Å². The summed E-state index contributed by atoms with van der Waals surface area (Å²) in [6.45, 7) is 4.89. The van der Waals surface area contributed by atoms with Gasteiger partial charge in [-0.05, 0) is 50.2 Å². The van der Waals surface area contributed by atoms with Gasteiger partial charge in [0, 0.05) is 17.8 Å². The summed E-state index contributed by atoms with van der Waals surface area (Å²) in [6.07, 6.45) is 1.69. The van der Waals surface area contributed by atoms with Crippen molar-refractivity contribution in [3.05, 3.63) is 84.1 Å². The van der Waals surface area contributed by atoms with Crippen LogP contribution in [0.1, 0.15) is 22.8 Å². The van der Waals surface area contributed by atoms with Gasteiger partial charge in [0.05, 0.1) is 11.9 Å². The van der Waals surface area contributed by atoms with Gasteiger partial charge < -0.3 is 10.2 Å². The Morgan fingerprint density at radius 3 is 2.32 bits per heavy atom. The molecule has 0 unspecified atom stereocenters. The van der Waals surface area contributed by atoms with E-state index in [1.807, 2.05) is 61.5 Å². The molecule has 0 atom stereocenters. The van der Waals surface area contributed by atoms with Gasteiger partial charge in [-0.3, -0.25) is 4.79 Å². The fraction of sp³-hybridized carbons (Fsp3) is 0.143. The second kappa shape index (κ2) is 7.62. The number of aromatic nitrogens is 1. The van der Waals surface area contributed by atoms with Gasteiger partial charge in [-0.1, -0.05) is 35.9 Å². The zero-order valence-electron chi connectivity index (χ0n) is 14.4. The number of nitrogens with zero attached hydrogens (tertiary/aromatic N) is 2. The number of nitrogens with one attached hydrogen (secondary N) is 1. The molecule has 0 bridgehead atoms. The number of amides is 1. The summed E-state index contributed by atoms with van der Waals surface area (Å²) >= 11 is 0. The molecule has 4 heteroatoms. The molecule has 3 aromatic rings. The van der Waals surface area contributed by atoms with Crippen LogP contribution in [0.5, 0.6) is 0 Å². The van der Waals surface area contributed by atoms with Gasteiger partial charge in [-0.2, -0.15) is 0 Å². The van der Waals surface area contributed by atoms with Crippen molar-refractivity contribution in [2.45, 2.75) is 13.8 Å². The Bertz CT molecular complexity index is 827. The molecule has 1 amide bonds. The van der Waals surface area contributed by atoms with E-state index in [9.17, 15) is 4.79 Å². The van der Waals surface area contributed by atoms with Gasteiger partial charge in [-0.15, -0.1) is 0 Å². The lowest BCUT2D eigenvalue weighted by Crippen LogP contribution is -2.17. The molecule has 2 aromatic carbocycles. The zero-order valence-corrected chi connectivity index (χ0v) is 14.4. The minimum Gasteiger partial charge on any atom is -0.327 e. The Kier molecular flexibility index (Phi) is 5.09. The first-order chi connectivity index (χ1) is 12.2. The smallest absolute Gasteiger partial charge is 0.255 e. The number of para-hydroxylation sites is 1. The highest BCUT2D eigenvalue weighted by molar-refractivity contribution is 6.04.